The highest BCUT2D eigenvalue weighted by Gasteiger charge is 2.11. The third kappa shape index (κ3) is 3.68. The Morgan fingerprint density at radius 3 is 2.47 bits per heavy atom. The van der Waals surface area contributed by atoms with Crippen molar-refractivity contribution < 1.29 is 0 Å². The molecule has 0 aromatic heterocycles. The van der Waals surface area contributed by atoms with Crippen molar-refractivity contribution in [2.75, 3.05) is 13.1 Å². The van der Waals surface area contributed by atoms with Gasteiger partial charge >= 0.3 is 0 Å². The first kappa shape index (κ1) is 13.3. The summed E-state index contributed by atoms with van der Waals surface area (Å²) >= 11 is 0. The molecule has 2 rings (SSSR count). The molecule has 1 aromatic carbocycles. The van der Waals surface area contributed by atoms with Gasteiger partial charge in [-0.2, -0.15) is 10.5 Å². The van der Waals surface area contributed by atoms with E-state index in [4.69, 9.17) is 10.5 Å². The maximum atomic E-state index is 8.85. The van der Waals surface area contributed by atoms with Gasteiger partial charge < -0.3 is 0 Å². The van der Waals surface area contributed by atoms with Crippen LogP contribution in [0.4, 0.5) is 0 Å². The van der Waals surface area contributed by atoms with E-state index < -0.39 is 0 Å². The number of likely N-dealkylation sites (tertiary alicyclic amines) is 1. The standard InChI is InChI=1S/C16H17N3/c17-11-14(12-18)10-15-6-2-3-7-16(15)13-19-8-4-1-5-9-19/h2-3,6-7,10H,1,4-5,8-9,13H2. The van der Waals surface area contributed by atoms with Crippen molar-refractivity contribution in [1.29, 1.82) is 10.5 Å². The zero-order valence-corrected chi connectivity index (χ0v) is 11.0. The second-order valence-corrected chi connectivity index (χ2v) is 4.82. The predicted molar refractivity (Wildman–Crippen MR) is 74.8 cm³/mol. The maximum absolute atomic E-state index is 8.85. The lowest BCUT2D eigenvalue weighted by Gasteiger charge is -2.27. The van der Waals surface area contributed by atoms with Gasteiger partial charge in [-0.25, -0.2) is 0 Å². The van der Waals surface area contributed by atoms with Gasteiger partial charge in [-0.15, -0.1) is 0 Å². The van der Waals surface area contributed by atoms with Crippen molar-refractivity contribution in [3.05, 3.63) is 41.0 Å². The molecule has 0 bridgehead atoms. The summed E-state index contributed by atoms with van der Waals surface area (Å²) in [5.41, 5.74) is 2.32. The Bertz CT molecular complexity index is 524. The summed E-state index contributed by atoms with van der Waals surface area (Å²) in [6.07, 6.45) is 5.53. The lowest BCUT2D eigenvalue weighted by molar-refractivity contribution is 0.221. The topological polar surface area (TPSA) is 50.8 Å². The Balaban J connectivity index is 2.19. The Morgan fingerprint density at radius 1 is 1.11 bits per heavy atom. The average Bonchev–Trinajstić information content (AvgIpc) is 2.47. The molecule has 0 saturated carbocycles. The molecule has 96 valence electrons. The fraction of sp³-hybridized carbons (Fsp3) is 0.375. The van der Waals surface area contributed by atoms with Crippen molar-refractivity contribution in [1.82, 2.24) is 4.90 Å². The van der Waals surface area contributed by atoms with Crippen LogP contribution in [0.3, 0.4) is 0 Å². The van der Waals surface area contributed by atoms with Crippen LogP contribution in [0.25, 0.3) is 6.08 Å². The summed E-state index contributed by atoms with van der Waals surface area (Å²) in [4.78, 5) is 2.44. The van der Waals surface area contributed by atoms with Crippen LogP contribution in [-0.4, -0.2) is 18.0 Å². The van der Waals surface area contributed by atoms with Gasteiger partial charge in [0.15, 0.2) is 0 Å². The molecule has 3 heteroatoms. The number of rotatable bonds is 3. The van der Waals surface area contributed by atoms with E-state index in [1.54, 1.807) is 6.08 Å². The summed E-state index contributed by atoms with van der Waals surface area (Å²) in [5.74, 6) is 0. The van der Waals surface area contributed by atoms with E-state index in [-0.39, 0.29) is 5.57 Å². The monoisotopic (exact) mass is 251 g/mol. The summed E-state index contributed by atoms with van der Waals surface area (Å²) in [6, 6.07) is 11.8. The third-order valence-corrected chi connectivity index (χ3v) is 3.44. The quantitative estimate of drug-likeness (QED) is 0.776. The van der Waals surface area contributed by atoms with Gasteiger partial charge in [-0.05, 0) is 43.1 Å². The van der Waals surface area contributed by atoms with Gasteiger partial charge in [0, 0.05) is 6.54 Å². The first-order valence-corrected chi connectivity index (χ1v) is 6.65. The van der Waals surface area contributed by atoms with Crippen LogP contribution in [0.1, 0.15) is 30.4 Å². The molecular formula is C16H17N3. The Labute approximate surface area is 114 Å². The number of hydrogen-bond donors (Lipinski definition) is 0. The number of allylic oxidation sites excluding steroid dienone is 1. The number of nitriles is 2. The highest BCUT2D eigenvalue weighted by molar-refractivity contribution is 5.64. The van der Waals surface area contributed by atoms with Crippen molar-refractivity contribution in [3.8, 4) is 12.1 Å². The Morgan fingerprint density at radius 2 is 1.79 bits per heavy atom. The summed E-state index contributed by atoms with van der Waals surface area (Å²) in [5, 5.41) is 17.7. The van der Waals surface area contributed by atoms with Crippen LogP contribution in [0, 0.1) is 22.7 Å². The molecule has 0 spiro atoms. The van der Waals surface area contributed by atoms with Gasteiger partial charge in [-0.1, -0.05) is 30.7 Å². The van der Waals surface area contributed by atoms with E-state index in [1.807, 2.05) is 30.3 Å². The molecule has 1 aliphatic heterocycles. The molecule has 1 aromatic rings. The number of hydrogen-bond acceptors (Lipinski definition) is 3. The average molecular weight is 251 g/mol. The number of nitrogens with zero attached hydrogens (tertiary/aromatic N) is 3. The fourth-order valence-corrected chi connectivity index (χ4v) is 2.42. The molecule has 1 fully saturated rings. The lowest BCUT2D eigenvalue weighted by atomic mass is 10.0. The second kappa shape index (κ2) is 6.73. The minimum absolute atomic E-state index is 0.158. The normalized spacial score (nSPS) is 15.3. The van der Waals surface area contributed by atoms with Crippen LogP contribution in [-0.2, 0) is 6.54 Å². The predicted octanol–water partition coefficient (Wildman–Crippen LogP) is 3.10. The molecule has 0 atom stereocenters. The molecular weight excluding hydrogens is 234 g/mol. The van der Waals surface area contributed by atoms with Crippen LogP contribution in [0.5, 0.6) is 0 Å². The molecule has 19 heavy (non-hydrogen) atoms. The van der Waals surface area contributed by atoms with Crippen LogP contribution < -0.4 is 0 Å². The fourth-order valence-electron chi connectivity index (χ4n) is 2.42. The van der Waals surface area contributed by atoms with Gasteiger partial charge in [0.05, 0.1) is 0 Å². The summed E-state index contributed by atoms with van der Waals surface area (Å²) in [7, 11) is 0. The zero-order valence-electron chi connectivity index (χ0n) is 11.0. The van der Waals surface area contributed by atoms with Crippen molar-refractivity contribution in [2.45, 2.75) is 25.8 Å². The van der Waals surface area contributed by atoms with Crippen LogP contribution >= 0.6 is 0 Å². The highest BCUT2D eigenvalue weighted by atomic mass is 15.1. The Hall–Kier alpha value is -2.10. The van der Waals surface area contributed by atoms with Crippen molar-refractivity contribution in [2.24, 2.45) is 0 Å². The molecule has 1 heterocycles. The lowest BCUT2D eigenvalue weighted by Crippen LogP contribution is -2.29. The second-order valence-electron chi connectivity index (χ2n) is 4.82. The van der Waals surface area contributed by atoms with E-state index in [1.165, 1.54) is 24.8 Å². The molecule has 1 aliphatic rings. The molecule has 0 radical (unpaired) electrons. The van der Waals surface area contributed by atoms with Gasteiger partial charge in [0.25, 0.3) is 0 Å². The summed E-state index contributed by atoms with van der Waals surface area (Å²) in [6.45, 7) is 3.18. The smallest absolute Gasteiger partial charge is 0.130 e. The Kier molecular flexibility index (Phi) is 4.72. The number of piperidine rings is 1. The van der Waals surface area contributed by atoms with Crippen LogP contribution in [0.15, 0.2) is 29.8 Å². The third-order valence-electron chi connectivity index (χ3n) is 3.44. The largest absolute Gasteiger partial charge is 0.299 e. The van der Waals surface area contributed by atoms with Crippen molar-refractivity contribution in [3.63, 3.8) is 0 Å². The first-order chi connectivity index (χ1) is 9.33. The van der Waals surface area contributed by atoms with E-state index in [2.05, 4.69) is 11.0 Å². The molecule has 0 N–H and O–H groups in total. The molecule has 1 saturated heterocycles. The molecule has 0 unspecified atom stereocenters. The maximum Gasteiger partial charge on any atom is 0.130 e. The molecule has 3 nitrogen and oxygen atoms in total. The summed E-state index contributed by atoms with van der Waals surface area (Å²) < 4.78 is 0. The number of benzene rings is 1. The minimum Gasteiger partial charge on any atom is -0.299 e. The highest BCUT2D eigenvalue weighted by Crippen LogP contribution is 2.18. The van der Waals surface area contributed by atoms with E-state index in [0.29, 0.717) is 0 Å². The minimum atomic E-state index is 0.158. The zero-order chi connectivity index (χ0) is 13.5. The van der Waals surface area contributed by atoms with Gasteiger partial charge in [0.1, 0.15) is 17.7 Å². The van der Waals surface area contributed by atoms with E-state index >= 15 is 0 Å². The molecule has 0 aliphatic carbocycles. The van der Waals surface area contributed by atoms with Gasteiger partial charge in [0.2, 0.25) is 0 Å². The first-order valence-electron chi connectivity index (χ1n) is 6.65. The van der Waals surface area contributed by atoms with Gasteiger partial charge in [-0.3, -0.25) is 4.90 Å². The van der Waals surface area contributed by atoms with Crippen LogP contribution in [0.2, 0.25) is 0 Å². The van der Waals surface area contributed by atoms with Crippen molar-refractivity contribution >= 4 is 6.08 Å². The van der Waals surface area contributed by atoms with E-state index in [9.17, 15) is 0 Å². The molecule has 0 amide bonds. The van der Waals surface area contributed by atoms with E-state index in [0.717, 1.165) is 25.2 Å². The SMILES string of the molecule is N#CC(C#N)=Cc1ccccc1CN1CCCCC1.